The van der Waals surface area contributed by atoms with Gasteiger partial charge in [-0.2, -0.15) is 0 Å². The first kappa shape index (κ1) is 18.1. The fourth-order valence-corrected chi connectivity index (χ4v) is 2.88. The van der Waals surface area contributed by atoms with Crippen LogP contribution in [0.1, 0.15) is 24.0 Å². The van der Waals surface area contributed by atoms with Crippen molar-refractivity contribution in [3.05, 3.63) is 72.1 Å². The molecular formula is C22H23NO3. The summed E-state index contributed by atoms with van der Waals surface area (Å²) in [6, 6.07) is 16.2. The normalized spacial score (nSPS) is 10.8. The maximum absolute atomic E-state index is 12.1. The van der Waals surface area contributed by atoms with Gasteiger partial charge in [-0.25, -0.2) is 0 Å². The second-order valence-corrected chi connectivity index (χ2v) is 6.29. The minimum atomic E-state index is 0.241. The third-order valence-electron chi connectivity index (χ3n) is 4.33. The second-order valence-electron chi connectivity index (χ2n) is 6.29. The van der Waals surface area contributed by atoms with E-state index in [1.165, 1.54) is 5.56 Å². The molecule has 0 aliphatic heterocycles. The Labute approximate surface area is 153 Å². The van der Waals surface area contributed by atoms with E-state index in [1.54, 1.807) is 13.3 Å². The predicted octanol–water partition coefficient (Wildman–Crippen LogP) is 4.35. The number of carbonyl (C=O) groups is 1. The zero-order valence-corrected chi connectivity index (χ0v) is 15.0. The van der Waals surface area contributed by atoms with Crippen molar-refractivity contribution in [3.8, 4) is 5.75 Å². The standard InChI is InChI=1S/C22H23NO3/c1-25-16-26-22-11-8-19-13-17(4-7-20(19)14-22)5-9-21(24)10-6-18-3-2-12-23-15-18/h2-4,7-8,11-15H,5-6,9-10,16H2,1H3. The lowest BCUT2D eigenvalue weighted by Gasteiger charge is -2.07. The summed E-state index contributed by atoms with van der Waals surface area (Å²) in [6.07, 6.45) is 6.23. The molecule has 26 heavy (non-hydrogen) atoms. The summed E-state index contributed by atoms with van der Waals surface area (Å²) in [5.74, 6) is 1.08. The van der Waals surface area contributed by atoms with Gasteiger partial charge in [-0.3, -0.25) is 9.78 Å². The first-order valence-corrected chi connectivity index (χ1v) is 8.79. The summed E-state index contributed by atoms with van der Waals surface area (Å²) in [5.41, 5.74) is 2.29. The Morgan fingerprint density at radius 3 is 2.50 bits per heavy atom. The highest BCUT2D eigenvalue weighted by Gasteiger charge is 2.05. The SMILES string of the molecule is COCOc1ccc2cc(CCC(=O)CCc3cccnc3)ccc2c1. The van der Waals surface area contributed by atoms with Crippen molar-refractivity contribution in [1.29, 1.82) is 0 Å². The topological polar surface area (TPSA) is 48.4 Å². The first-order valence-electron chi connectivity index (χ1n) is 8.79. The number of ketones is 1. The Hall–Kier alpha value is -2.72. The molecule has 0 N–H and O–H groups in total. The molecule has 3 rings (SSSR count). The molecule has 1 heterocycles. The number of Topliss-reactive ketones (excluding diaryl/α,β-unsaturated/α-hetero) is 1. The number of fused-ring (bicyclic) bond motifs is 1. The van der Waals surface area contributed by atoms with Gasteiger partial charge in [-0.05, 0) is 52.9 Å². The number of hydrogen-bond acceptors (Lipinski definition) is 4. The molecule has 0 saturated heterocycles. The van der Waals surface area contributed by atoms with E-state index in [0.29, 0.717) is 12.8 Å². The number of benzene rings is 2. The van der Waals surface area contributed by atoms with Gasteiger partial charge in [-0.1, -0.05) is 30.3 Å². The van der Waals surface area contributed by atoms with Crippen molar-refractivity contribution < 1.29 is 14.3 Å². The summed E-state index contributed by atoms with van der Waals surface area (Å²) >= 11 is 0. The fraction of sp³-hybridized carbons (Fsp3) is 0.273. The smallest absolute Gasteiger partial charge is 0.188 e. The van der Waals surface area contributed by atoms with Gasteiger partial charge in [0.1, 0.15) is 11.5 Å². The maximum Gasteiger partial charge on any atom is 0.188 e. The molecule has 4 nitrogen and oxygen atoms in total. The molecule has 4 heteroatoms. The average molecular weight is 349 g/mol. The molecule has 0 saturated carbocycles. The van der Waals surface area contributed by atoms with Crippen molar-refractivity contribution in [1.82, 2.24) is 4.98 Å². The van der Waals surface area contributed by atoms with Crippen LogP contribution in [0.5, 0.6) is 5.75 Å². The zero-order chi connectivity index (χ0) is 18.2. The minimum absolute atomic E-state index is 0.241. The highest BCUT2D eigenvalue weighted by atomic mass is 16.7. The van der Waals surface area contributed by atoms with Crippen LogP contribution in [0.3, 0.4) is 0 Å². The lowest BCUT2D eigenvalue weighted by Crippen LogP contribution is -2.02. The first-order chi connectivity index (χ1) is 12.7. The molecule has 0 atom stereocenters. The Balaban J connectivity index is 1.54. The van der Waals surface area contributed by atoms with Gasteiger partial charge in [-0.15, -0.1) is 0 Å². The summed E-state index contributed by atoms with van der Waals surface area (Å²) in [5, 5.41) is 2.26. The zero-order valence-electron chi connectivity index (χ0n) is 15.0. The number of aryl methyl sites for hydroxylation is 2. The van der Waals surface area contributed by atoms with Crippen molar-refractivity contribution in [3.63, 3.8) is 0 Å². The average Bonchev–Trinajstić information content (AvgIpc) is 2.69. The molecule has 3 aromatic rings. The number of hydrogen-bond donors (Lipinski definition) is 0. The van der Waals surface area contributed by atoms with Crippen LogP contribution in [-0.2, 0) is 22.4 Å². The Kier molecular flexibility index (Phi) is 6.34. The van der Waals surface area contributed by atoms with Gasteiger partial charge in [0.25, 0.3) is 0 Å². The molecule has 0 amide bonds. The third-order valence-corrected chi connectivity index (χ3v) is 4.33. The van der Waals surface area contributed by atoms with E-state index in [-0.39, 0.29) is 12.6 Å². The molecule has 0 unspecified atom stereocenters. The van der Waals surface area contributed by atoms with Gasteiger partial charge < -0.3 is 9.47 Å². The van der Waals surface area contributed by atoms with Crippen LogP contribution in [0, 0.1) is 0 Å². The molecule has 134 valence electrons. The Morgan fingerprint density at radius 2 is 1.73 bits per heavy atom. The molecule has 1 aromatic heterocycles. The van der Waals surface area contributed by atoms with Gasteiger partial charge >= 0.3 is 0 Å². The Morgan fingerprint density at radius 1 is 0.962 bits per heavy atom. The molecule has 0 spiro atoms. The van der Waals surface area contributed by atoms with Crippen LogP contribution in [0.15, 0.2) is 60.9 Å². The predicted molar refractivity (Wildman–Crippen MR) is 102 cm³/mol. The van der Waals surface area contributed by atoms with Crippen LogP contribution in [0.4, 0.5) is 0 Å². The second kappa shape index (κ2) is 9.11. The van der Waals surface area contributed by atoms with Gasteiger partial charge in [0.2, 0.25) is 0 Å². The summed E-state index contributed by atoms with van der Waals surface area (Å²) in [6.45, 7) is 0.241. The number of ether oxygens (including phenoxy) is 2. The van der Waals surface area contributed by atoms with E-state index < -0.39 is 0 Å². The van der Waals surface area contributed by atoms with Crippen LogP contribution < -0.4 is 4.74 Å². The number of aromatic nitrogens is 1. The van der Waals surface area contributed by atoms with E-state index in [1.807, 2.05) is 36.5 Å². The van der Waals surface area contributed by atoms with E-state index >= 15 is 0 Å². The number of methoxy groups -OCH3 is 1. The van der Waals surface area contributed by atoms with Crippen molar-refractivity contribution >= 4 is 16.6 Å². The van der Waals surface area contributed by atoms with Crippen LogP contribution >= 0.6 is 0 Å². The summed E-state index contributed by atoms with van der Waals surface area (Å²) < 4.78 is 10.4. The maximum atomic E-state index is 12.1. The summed E-state index contributed by atoms with van der Waals surface area (Å²) in [7, 11) is 1.60. The van der Waals surface area contributed by atoms with Gasteiger partial charge in [0, 0.05) is 32.3 Å². The quantitative estimate of drug-likeness (QED) is 0.539. The molecule has 0 radical (unpaired) electrons. The van der Waals surface area contributed by atoms with E-state index in [2.05, 4.69) is 23.2 Å². The number of rotatable bonds is 9. The van der Waals surface area contributed by atoms with E-state index in [9.17, 15) is 4.79 Å². The molecule has 2 aromatic carbocycles. The van der Waals surface area contributed by atoms with Crippen molar-refractivity contribution in [2.75, 3.05) is 13.9 Å². The third kappa shape index (κ3) is 5.14. The monoisotopic (exact) mass is 349 g/mol. The Bertz CT molecular complexity index is 862. The fourth-order valence-electron chi connectivity index (χ4n) is 2.88. The molecule has 0 aliphatic carbocycles. The summed E-state index contributed by atoms with van der Waals surface area (Å²) in [4.78, 5) is 16.2. The van der Waals surface area contributed by atoms with Crippen molar-refractivity contribution in [2.45, 2.75) is 25.7 Å². The molecular weight excluding hydrogens is 326 g/mol. The highest BCUT2D eigenvalue weighted by Crippen LogP contribution is 2.23. The van der Waals surface area contributed by atoms with Crippen LogP contribution in [0.2, 0.25) is 0 Å². The highest BCUT2D eigenvalue weighted by molar-refractivity contribution is 5.85. The van der Waals surface area contributed by atoms with E-state index in [0.717, 1.165) is 34.9 Å². The number of pyridine rings is 1. The number of carbonyl (C=O) groups excluding carboxylic acids is 1. The minimum Gasteiger partial charge on any atom is -0.468 e. The van der Waals surface area contributed by atoms with E-state index in [4.69, 9.17) is 9.47 Å². The van der Waals surface area contributed by atoms with Gasteiger partial charge in [0.15, 0.2) is 6.79 Å². The number of nitrogens with zero attached hydrogens (tertiary/aromatic N) is 1. The lowest BCUT2D eigenvalue weighted by atomic mass is 10.0. The van der Waals surface area contributed by atoms with Crippen LogP contribution in [0.25, 0.3) is 10.8 Å². The van der Waals surface area contributed by atoms with Gasteiger partial charge in [0.05, 0.1) is 0 Å². The molecule has 0 bridgehead atoms. The lowest BCUT2D eigenvalue weighted by molar-refractivity contribution is -0.119. The van der Waals surface area contributed by atoms with Crippen LogP contribution in [-0.4, -0.2) is 24.7 Å². The van der Waals surface area contributed by atoms with Crippen molar-refractivity contribution in [2.24, 2.45) is 0 Å². The molecule has 0 fully saturated rings. The molecule has 0 aliphatic rings. The largest absolute Gasteiger partial charge is 0.468 e.